The van der Waals surface area contributed by atoms with Gasteiger partial charge in [0, 0.05) is 0 Å². The highest BCUT2D eigenvalue weighted by Gasteiger charge is 2.34. The first-order valence-electron chi connectivity index (χ1n) is 5.54. The van der Waals surface area contributed by atoms with Crippen LogP contribution in [0.2, 0.25) is 10.0 Å². The Balaban J connectivity index is 3.05. The van der Waals surface area contributed by atoms with Crippen LogP contribution in [0.25, 0.3) is 0 Å². The van der Waals surface area contributed by atoms with Gasteiger partial charge in [-0.15, -0.1) is 0 Å². The zero-order valence-corrected chi connectivity index (χ0v) is 12.6. The lowest BCUT2D eigenvalue weighted by molar-refractivity contribution is 0.212. The van der Waals surface area contributed by atoms with Gasteiger partial charge in [-0.05, 0) is 31.5 Å². The molecule has 0 spiro atoms. The Morgan fingerprint density at radius 1 is 1.22 bits per heavy atom. The van der Waals surface area contributed by atoms with Gasteiger partial charge in [-0.3, -0.25) is 4.57 Å². The summed E-state index contributed by atoms with van der Waals surface area (Å²) in [5.41, 5.74) is 6.51. The molecule has 0 saturated heterocycles. The van der Waals surface area contributed by atoms with Crippen molar-refractivity contribution in [3.05, 3.63) is 33.8 Å². The number of rotatable bonds is 6. The maximum absolute atomic E-state index is 12.5. The first-order valence-corrected chi connectivity index (χ1v) is 7.90. The molecular formula is C11H16Cl2NO3P. The van der Waals surface area contributed by atoms with Crippen LogP contribution in [0.4, 0.5) is 0 Å². The van der Waals surface area contributed by atoms with Crippen molar-refractivity contribution in [3.63, 3.8) is 0 Å². The monoisotopic (exact) mass is 311 g/mol. The summed E-state index contributed by atoms with van der Waals surface area (Å²) in [6, 6.07) is 4.82. The molecule has 0 aliphatic rings. The van der Waals surface area contributed by atoms with Gasteiger partial charge in [-0.2, -0.15) is 0 Å². The van der Waals surface area contributed by atoms with Crippen LogP contribution in [-0.2, 0) is 13.6 Å². The largest absolute Gasteiger partial charge is 0.351 e. The fourth-order valence-electron chi connectivity index (χ4n) is 1.44. The molecule has 4 nitrogen and oxygen atoms in total. The third kappa shape index (κ3) is 3.70. The molecule has 1 aromatic carbocycles. The fourth-order valence-corrected chi connectivity index (χ4v) is 3.38. The molecule has 0 aromatic heterocycles. The minimum atomic E-state index is -3.39. The van der Waals surface area contributed by atoms with Gasteiger partial charge in [0.1, 0.15) is 5.78 Å². The molecule has 0 aliphatic heterocycles. The molecule has 18 heavy (non-hydrogen) atoms. The highest BCUT2D eigenvalue weighted by atomic mass is 35.5. The molecule has 0 fully saturated rings. The minimum Gasteiger partial charge on any atom is -0.314 e. The van der Waals surface area contributed by atoms with E-state index in [9.17, 15) is 4.57 Å². The molecule has 0 bridgehead atoms. The highest BCUT2D eigenvalue weighted by Crippen LogP contribution is 2.58. The molecule has 0 saturated carbocycles. The van der Waals surface area contributed by atoms with E-state index in [1.165, 1.54) is 0 Å². The Kier molecular flexibility index (Phi) is 6.12. The van der Waals surface area contributed by atoms with Crippen molar-refractivity contribution in [1.29, 1.82) is 0 Å². The summed E-state index contributed by atoms with van der Waals surface area (Å²) in [5.74, 6) is -0.882. The van der Waals surface area contributed by atoms with E-state index in [2.05, 4.69) is 0 Å². The van der Waals surface area contributed by atoms with Gasteiger partial charge in [0.25, 0.3) is 0 Å². The Bertz CT molecular complexity index is 446. The number of benzene rings is 1. The second kappa shape index (κ2) is 6.90. The predicted molar refractivity (Wildman–Crippen MR) is 74.2 cm³/mol. The molecule has 0 amide bonds. The second-order valence-electron chi connectivity index (χ2n) is 3.49. The smallest absolute Gasteiger partial charge is 0.314 e. The number of halogens is 2. The average molecular weight is 312 g/mol. The summed E-state index contributed by atoms with van der Waals surface area (Å²) >= 11 is 11.7. The van der Waals surface area contributed by atoms with Crippen LogP contribution < -0.4 is 5.73 Å². The molecule has 102 valence electrons. The van der Waals surface area contributed by atoms with Crippen LogP contribution in [0, 0.1) is 0 Å². The van der Waals surface area contributed by atoms with Crippen LogP contribution in [0.5, 0.6) is 0 Å². The van der Waals surface area contributed by atoms with E-state index in [1.54, 1.807) is 32.0 Å². The van der Waals surface area contributed by atoms with Crippen molar-refractivity contribution in [2.24, 2.45) is 5.73 Å². The summed E-state index contributed by atoms with van der Waals surface area (Å²) < 4.78 is 22.8. The van der Waals surface area contributed by atoms with E-state index < -0.39 is 13.4 Å². The lowest BCUT2D eigenvalue weighted by atomic mass is 10.2. The van der Waals surface area contributed by atoms with Gasteiger partial charge in [0.05, 0.1) is 23.3 Å². The van der Waals surface area contributed by atoms with E-state index in [0.717, 1.165) is 0 Å². The predicted octanol–water partition coefficient (Wildman–Crippen LogP) is 4.22. The van der Waals surface area contributed by atoms with Crippen LogP contribution in [0.1, 0.15) is 25.2 Å². The van der Waals surface area contributed by atoms with Crippen molar-refractivity contribution in [2.75, 3.05) is 13.2 Å². The maximum atomic E-state index is 12.5. The van der Waals surface area contributed by atoms with E-state index in [0.29, 0.717) is 15.6 Å². The third-order valence-corrected chi connectivity index (χ3v) is 5.20. The van der Waals surface area contributed by atoms with Crippen molar-refractivity contribution in [2.45, 2.75) is 19.6 Å². The SMILES string of the molecule is CCOP(=O)(OCC)[C@H](N)c1ccc(Cl)c(Cl)c1. The topological polar surface area (TPSA) is 61.5 Å². The Hall–Kier alpha value is -0.0900. The lowest BCUT2D eigenvalue weighted by Crippen LogP contribution is -2.15. The van der Waals surface area contributed by atoms with Gasteiger partial charge >= 0.3 is 7.60 Å². The fraction of sp³-hybridized carbons (Fsp3) is 0.455. The van der Waals surface area contributed by atoms with Crippen LogP contribution in [-0.4, -0.2) is 13.2 Å². The molecule has 2 N–H and O–H groups in total. The van der Waals surface area contributed by atoms with E-state index in [-0.39, 0.29) is 13.2 Å². The lowest BCUT2D eigenvalue weighted by Gasteiger charge is -2.23. The molecule has 0 heterocycles. The van der Waals surface area contributed by atoms with Crippen molar-refractivity contribution in [3.8, 4) is 0 Å². The van der Waals surface area contributed by atoms with E-state index in [1.807, 2.05) is 0 Å². The molecule has 7 heteroatoms. The average Bonchev–Trinajstić information content (AvgIpc) is 2.32. The van der Waals surface area contributed by atoms with E-state index >= 15 is 0 Å². The van der Waals surface area contributed by atoms with Gasteiger partial charge in [-0.1, -0.05) is 29.3 Å². The third-order valence-electron chi connectivity index (χ3n) is 2.24. The molecule has 1 atom stereocenters. The number of nitrogens with two attached hydrogens (primary N) is 1. The first kappa shape index (κ1) is 16.0. The number of hydrogen-bond donors (Lipinski definition) is 1. The summed E-state index contributed by atoms with van der Waals surface area (Å²) in [5, 5.41) is 0.763. The standard InChI is InChI=1S/C11H16Cl2NO3P/c1-3-16-18(15,17-4-2)11(14)8-5-6-9(12)10(13)7-8/h5-7,11H,3-4,14H2,1-2H3/t11-/m0/s1. The summed E-state index contributed by atoms with van der Waals surface area (Å²) in [7, 11) is -3.39. The molecule has 1 aromatic rings. The Morgan fingerprint density at radius 2 is 1.78 bits per heavy atom. The van der Waals surface area contributed by atoms with Crippen molar-refractivity contribution in [1.82, 2.24) is 0 Å². The minimum absolute atomic E-state index is 0.256. The van der Waals surface area contributed by atoms with Gasteiger partial charge in [0.2, 0.25) is 0 Å². The maximum Gasteiger partial charge on any atom is 0.351 e. The molecular weight excluding hydrogens is 296 g/mol. The Morgan fingerprint density at radius 3 is 2.22 bits per heavy atom. The molecule has 0 unspecified atom stereocenters. The van der Waals surface area contributed by atoms with Crippen molar-refractivity contribution < 1.29 is 13.6 Å². The first-order chi connectivity index (χ1) is 8.44. The number of hydrogen-bond acceptors (Lipinski definition) is 4. The van der Waals surface area contributed by atoms with Gasteiger partial charge in [0.15, 0.2) is 0 Å². The van der Waals surface area contributed by atoms with Gasteiger partial charge < -0.3 is 14.8 Å². The summed E-state index contributed by atoms with van der Waals surface area (Å²) in [4.78, 5) is 0. The van der Waals surface area contributed by atoms with Gasteiger partial charge in [-0.25, -0.2) is 0 Å². The second-order valence-corrected chi connectivity index (χ2v) is 6.46. The van der Waals surface area contributed by atoms with Crippen LogP contribution >= 0.6 is 30.8 Å². The summed E-state index contributed by atoms with van der Waals surface area (Å²) in [6.07, 6.45) is 0. The molecule has 0 radical (unpaired) electrons. The quantitative estimate of drug-likeness (QED) is 0.799. The summed E-state index contributed by atoms with van der Waals surface area (Å²) in [6.45, 7) is 3.97. The van der Waals surface area contributed by atoms with Crippen LogP contribution in [0.3, 0.4) is 0 Å². The van der Waals surface area contributed by atoms with Crippen molar-refractivity contribution >= 4 is 30.8 Å². The normalized spacial score (nSPS) is 13.6. The molecule has 0 aliphatic carbocycles. The zero-order chi connectivity index (χ0) is 13.8. The highest BCUT2D eigenvalue weighted by molar-refractivity contribution is 7.54. The van der Waals surface area contributed by atoms with E-state index in [4.69, 9.17) is 38.0 Å². The van der Waals surface area contributed by atoms with Crippen LogP contribution in [0.15, 0.2) is 18.2 Å². The molecule has 1 rings (SSSR count). The Labute approximate surface area is 117 Å². The zero-order valence-electron chi connectivity index (χ0n) is 10.2.